The van der Waals surface area contributed by atoms with E-state index >= 15 is 0 Å². The lowest BCUT2D eigenvalue weighted by Gasteiger charge is -2.27. The number of aldehydes is 1. The fourth-order valence-electron chi connectivity index (χ4n) is 3.18. The maximum absolute atomic E-state index is 12.0. The van der Waals surface area contributed by atoms with Gasteiger partial charge < -0.3 is 4.90 Å². The molecule has 25 heavy (non-hydrogen) atoms. The molecule has 2 nitrogen and oxygen atoms in total. The van der Waals surface area contributed by atoms with Crippen LogP contribution in [0.15, 0.2) is 97.1 Å². The number of carbonyl (C=O) groups is 1. The summed E-state index contributed by atoms with van der Waals surface area (Å²) in [5.41, 5.74) is 3.62. The third-order valence-electron chi connectivity index (χ3n) is 4.34. The van der Waals surface area contributed by atoms with Crippen molar-refractivity contribution < 1.29 is 4.79 Å². The number of fused-ring (bicyclic) bond motifs is 1. The normalized spacial score (nSPS) is 10.6. The van der Waals surface area contributed by atoms with Gasteiger partial charge in [-0.05, 0) is 41.1 Å². The Balaban J connectivity index is 2.00. The number of para-hydroxylation sites is 2. The first-order valence-electron chi connectivity index (χ1n) is 8.25. The molecule has 4 aromatic rings. The van der Waals surface area contributed by atoms with Crippen LogP contribution in [0.2, 0.25) is 0 Å². The van der Waals surface area contributed by atoms with Crippen LogP contribution in [0.25, 0.3) is 10.8 Å². The van der Waals surface area contributed by atoms with Crippen molar-refractivity contribution in [2.75, 3.05) is 4.90 Å². The number of benzene rings is 4. The fourth-order valence-corrected chi connectivity index (χ4v) is 3.18. The zero-order chi connectivity index (χ0) is 17.1. The maximum atomic E-state index is 12.0. The average Bonchev–Trinajstić information content (AvgIpc) is 2.69. The molecule has 0 saturated heterocycles. The van der Waals surface area contributed by atoms with Gasteiger partial charge in [-0.3, -0.25) is 4.79 Å². The van der Waals surface area contributed by atoms with Crippen molar-refractivity contribution in [1.82, 2.24) is 0 Å². The zero-order valence-electron chi connectivity index (χ0n) is 13.7. The molecule has 0 N–H and O–H groups in total. The van der Waals surface area contributed by atoms with Gasteiger partial charge in [-0.1, -0.05) is 66.7 Å². The Morgan fingerprint density at radius 2 is 1.16 bits per heavy atom. The number of anilines is 3. The third kappa shape index (κ3) is 2.79. The van der Waals surface area contributed by atoms with Crippen LogP contribution in [0, 0.1) is 0 Å². The Hall–Kier alpha value is -3.39. The Morgan fingerprint density at radius 3 is 1.76 bits per heavy atom. The molecule has 0 aromatic heterocycles. The molecule has 0 amide bonds. The summed E-state index contributed by atoms with van der Waals surface area (Å²) in [5.74, 6) is 0. The zero-order valence-corrected chi connectivity index (χ0v) is 13.7. The topological polar surface area (TPSA) is 20.3 Å². The summed E-state index contributed by atoms with van der Waals surface area (Å²) in [6, 6.07) is 32.3. The molecule has 0 spiro atoms. The molecular weight excluding hydrogens is 306 g/mol. The highest BCUT2D eigenvalue weighted by atomic mass is 16.1. The van der Waals surface area contributed by atoms with Crippen molar-refractivity contribution in [1.29, 1.82) is 0 Å². The summed E-state index contributed by atoms with van der Waals surface area (Å²) in [7, 11) is 0. The second kappa shape index (κ2) is 6.62. The van der Waals surface area contributed by atoms with Gasteiger partial charge in [0.15, 0.2) is 6.29 Å². The van der Waals surface area contributed by atoms with Crippen LogP contribution in [0.4, 0.5) is 17.1 Å². The Morgan fingerprint density at radius 1 is 0.600 bits per heavy atom. The van der Waals surface area contributed by atoms with Gasteiger partial charge >= 0.3 is 0 Å². The molecule has 0 saturated carbocycles. The second-order valence-corrected chi connectivity index (χ2v) is 5.84. The monoisotopic (exact) mass is 323 g/mol. The van der Waals surface area contributed by atoms with Crippen LogP contribution < -0.4 is 4.90 Å². The molecule has 0 aliphatic rings. The van der Waals surface area contributed by atoms with E-state index in [2.05, 4.69) is 35.2 Å². The summed E-state index contributed by atoms with van der Waals surface area (Å²) in [6.45, 7) is 0. The average molecular weight is 323 g/mol. The highest BCUT2D eigenvalue weighted by Gasteiger charge is 2.17. The Bertz CT molecular complexity index is 970. The van der Waals surface area contributed by atoms with E-state index in [-0.39, 0.29) is 0 Å². The molecule has 2 heteroatoms. The van der Waals surface area contributed by atoms with Crippen molar-refractivity contribution in [2.24, 2.45) is 0 Å². The molecule has 0 aliphatic carbocycles. The van der Waals surface area contributed by atoms with Gasteiger partial charge in [0.1, 0.15) is 0 Å². The highest BCUT2D eigenvalue weighted by molar-refractivity contribution is 6.05. The second-order valence-electron chi connectivity index (χ2n) is 5.84. The number of hydrogen-bond donors (Lipinski definition) is 0. The van der Waals surface area contributed by atoms with E-state index in [0.29, 0.717) is 5.56 Å². The van der Waals surface area contributed by atoms with Gasteiger partial charge in [-0.25, -0.2) is 0 Å². The van der Waals surface area contributed by atoms with Gasteiger partial charge in [-0.15, -0.1) is 0 Å². The number of hydrogen-bond acceptors (Lipinski definition) is 2. The molecule has 0 bridgehead atoms. The largest absolute Gasteiger partial charge is 0.310 e. The quantitative estimate of drug-likeness (QED) is 0.421. The number of rotatable bonds is 4. The van der Waals surface area contributed by atoms with E-state index in [0.717, 1.165) is 34.1 Å². The van der Waals surface area contributed by atoms with Crippen molar-refractivity contribution in [2.45, 2.75) is 0 Å². The van der Waals surface area contributed by atoms with Gasteiger partial charge in [0, 0.05) is 16.9 Å². The first-order valence-corrected chi connectivity index (χ1v) is 8.25. The Labute approximate surface area is 147 Å². The van der Waals surface area contributed by atoms with Gasteiger partial charge in [0.05, 0.1) is 5.69 Å². The van der Waals surface area contributed by atoms with E-state index in [1.807, 2.05) is 66.7 Å². The summed E-state index contributed by atoms with van der Waals surface area (Å²) < 4.78 is 0. The van der Waals surface area contributed by atoms with Crippen molar-refractivity contribution in [3.63, 3.8) is 0 Å². The summed E-state index contributed by atoms with van der Waals surface area (Å²) >= 11 is 0. The minimum Gasteiger partial charge on any atom is -0.310 e. The molecule has 0 aliphatic heterocycles. The van der Waals surface area contributed by atoms with E-state index in [4.69, 9.17) is 0 Å². The molecule has 4 rings (SSSR count). The highest BCUT2D eigenvalue weighted by Crippen LogP contribution is 2.38. The fraction of sp³-hybridized carbons (Fsp3) is 0. The minimum absolute atomic E-state index is 0.700. The first kappa shape index (κ1) is 15.2. The van der Waals surface area contributed by atoms with Crippen LogP contribution in [-0.4, -0.2) is 6.29 Å². The molecule has 0 radical (unpaired) electrons. The van der Waals surface area contributed by atoms with Gasteiger partial charge in [0.2, 0.25) is 0 Å². The van der Waals surface area contributed by atoms with Crippen molar-refractivity contribution >= 4 is 34.1 Å². The first-order chi connectivity index (χ1) is 12.4. The lowest BCUT2D eigenvalue weighted by atomic mass is 10.0. The van der Waals surface area contributed by atoms with Crippen molar-refractivity contribution in [3.05, 3.63) is 103 Å². The molecule has 4 aromatic carbocycles. The maximum Gasteiger partial charge on any atom is 0.152 e. The SMILES string of the molecule is O=Cc1c(N(c2ccccc2)c2ccccc2)ccc2ccccc12. The third-order valence-corrected chi connectivity index (χ3v) is 4.34. The van der Waals surface area contributed by atoms with E-state index in [1.54, 1.807) is 0 Å². The van der Waals surface area contributed by atoms with E-state index in [9.17, 15) is 4.79 Å². The molecule has 0 heterocycles. The van der Waals surface area contributed by atoms with E-state index < -0.39 is 0 Å². The standard InChI is InChI=1S/C23H17NO/c25-17-22-21-14-8-7-9-18(21)15-16-23(22)24(19-10-3-1-4-11-19)20-12-5-2-6-13-20/h1-17H. The molecular formula is C23H17NO. The lowest BCUT2D eigenvalue weighted by molar-refractivity contribution is 0.112. The molecule has 0 unspecified atom stereocenters. The van der Waals surface area contributed by atoms with Crippen LogP contribution in [0.1, 0.15) is 10.4 Å². The molecule has 0 fully saturated rings. The number of nitrogens with zero attached hydrogens (tertiary/aromatic N) is 1. The summed E-state index contributed by atoms with van der Waals surface area (Å²) in [4.78, 5) is 14.1. The van der Waals surface area contributed by atoms with Gasteiger partial charge in [0.25, 0.3) is 0 Å². The smallest absolute Gasteiger partial charge is 0.152 e. The molecule has 120 valence electrons. The van der Waals surface area contributed by atoms with E-state index in [1.165, 1.54) is 0 Å². The predicted octanol–water partition coefficient (Wildman–Crippen LogP) is 6.12. The summed E-state index contributed by atoms with van der Waals surface area (Å²) in [6.07, 6.45) is 0.955. The van der Waals surface area contributed by atoms with Gasteiger partial charge in [-0.2, -0.15) is 0 Å². The summed E-state index contributed by atoms with van der Waals surface area (Å²) in [5, 5.41) is 2.03. The molecule has 0 atom stereocenters. The van der Waals surface area contributed by atoms with Crippen LogP contribution in [-0.2, 0) is 0 Å². The predicted molar refractivity (Wildman–Crippen MR) is 104 cm³/mol. The van der Waals surface area contributed by atoms with Crippen LogP contribution in [0.5, 0.6) is 0 Å². The van der Waals surface area contributed by atoms with Crippen molar-refractivity contribution in [3.8, 4) is 0 Å². The number of carbonyl (C=O) groups excluding carboxylic acids is 1. The Kier molecular flexibility index (Phi) is 4.01. The van der Waals surface area contributed by atoms with Crippen LogP contribution >= 0.6 is 0 Å². The van der Waals surface area contributed by atoms with Crippen LogP contribution in [0.3, 0.4) is 0 Å². The minimum atomic E-state index is 0.700. The lowest BCUT2D eigenvalue weighted by Crippen LogP contribution is -2.12.